The van der Waals surface area contributed by atoms with Gasteiger partial charge in [0.2, 0.25) is 6.41 Å². The van der Waals surface area contributed by atoms with Gasteiger partial charge in [-0.05, 0) is 65.1 Å². The quantitative estimate of drug-likeness (QED) is 0.191. The van der Waals surface area contributed by atoms with Gasteiger partial charge in [-0.2, -0.15) is 5.06 Å². The number of nitrogens with zero attached hydrogens (tertiary/aromatic N) is 3. The minimum atomic E-state index is -0.843. The van der Waals surface area contributed by atoms with Crippen LogP contribution in [0.4, 0.5) is 4.79 Å². The Bertz CT molecular complexity index is 1310. The minimum Gasteiger partial charge on any atom is -0.617 e. The minimum absolute atomic E-state index is 0. The van der Waals surface area contributed by atoms with Crippen LogP contribution in [0.2, 0.25) is 0 Å². The van der Waals surface area contributed by atoms with Gasteiger partial charge in [0, 0.05) is 13.1 Å². The van der Waals surface area contributed by atoms with Gasteiger partial charge in [0.05, 0.1) is 19.8 Å². The Labute approximate surface area is 282 Å². The second kappa shape index (κ2) is 16.5. The zero-order valence-electron chi connectivity index (χ0n) is 23.6. The van der Waals surface area contributed by atoms with E-state index in [9.17, 15) is 14.4 Å². The van der Waals surface area contributed by atoms with E-state index in [1.54, 1.807) is 29.2 Å². The first kappa shape index (κ1) is 32.6. The number of amides is 3. The van der Waals surface area contributed by atoms with Gasteiger partial charge in [-0.25, -0.2) is 0 Å². The average Bonchev–Trinajstić information content (AvgIpc) is 2.99. The Hall–Kier alpha value is -2.93. The summed E-state index contributed by atoms with van der Waals surface area (Å²) in [4.78, 5) is 41.3. The molecule has 3 amide bonds. The van der Waals surface area contributed by atoms with Crippen LogP contribution in [-0.4, -0.2) is 68.3 Å². The van der Waals surface area contributed by atoms with Crippen molar-refractivity contribution in [1.29, 1.82) is 0 Å². The molecular formula is C30H32KN3O7. The first-order valence-electron chi connectivity index (χ1n) is 12.9. The molecule has 11 heteroatoms. The summed E-state index contributed by atoms with van der Waals surface area (Å²) in [5.41, 5.74) is 4.91. The SMILES string of the molecule is C[N-]C(=O)ON(C=O)Cc1ccc(OCc2cccc(-c3ccc(OCC(=O)N4CCOCC4)cc3C)c2)cc1.[K+]. The van der Waals surface area contributed by atoms with Crippen LogP contribution in [0.15, 0.2) is 66.7 Å². The molecule has 0 saturated carbocycles. The topological polar surface area (TPSA) is 109 Å². The van der Waals surface area contributed by atoms with Crippen molar-refractivity contribution in [3.8, 4) is 22.6 Å². The van der Waals surface area contributed by atoms with Crippen LogP contribution in [-0.2, 0) is 32.3 Å². The van der Waals surface area contributed by atoms with Gasteiger partial charge in [0.25, 0.3) is 12.0 Å². The zero-order valence-corrected chi connectivity index (χ0v) is 26.7. The molecule has 3 aromatic rings. The van der Waals surface area contributed by atoms with E-state index in [1.807, 2.05) is 43.3 Å². The van der Waals surface area contributed by atoms with Crippen LogP contribution in [0.1, 0.15) is 16.7 Å². The molecule has 0 atom stereocenters. The number of morpholine rings is 1. The predicted octanol–water partition coefficient (Wildman–Crippen LogP) is 1.50. The molecule has 0 N–H and O–H groups in total. The molecule has 210 valence electrons. The molecule has 0 aromatic heterocycles. The number of aryl methyl sites for hydroxylation is 1. The number of ether oxygens (including phenoxy) is 3. The number of benzene rings is 3. The maximum absolute atomic E-state index is 12.4. The van der Waals surface area contributed by atoms with Gasteiger partial charge in [-0.3, -0.25) is 14.4 Å². The van der Waals surface area contributed by atoms with Gasteiger partial charge in [-0.15, -0.1) is 7.05 Å². The molecular weight excluding hydrogens is 553 g/mol. The smallest absolute Gasteiger partial charge is 0.617 e. The van der Waals surface area contributed by atoms with Crippen LogP contribution >= 0.6 is 0 Å². The molecule has 0 aliphatic carbocycles. The third-order valence-corrected chi connectivity index (χ3v) is 6.32. The maximum Gasteiger partial charge on any atom is 1.00 e. The summed E-state index contributed by atoms with van der Waals surface area (Å²) < 4.78 is 17.0. The molecule has 4 rings (SSSR count). The van der Waals surface area contributed by atoms with E-state index in [0.717, 1.165) is 32.9 Å². The number of hydrogen-bond donors (Lipinski definition) is 0. The Morgan fingerprint density at radius 1 is 0.976 bits per heavy atom. The molecule has 41 heavy (non-hydrogen) atoms. The Kier molecular flexibility index (Phi) is 13.1. The number of hydrogen-bond acceptors (Lipinski definition) is 7. The molecule has 1 fully saturated rings. The van der Waals surface area contributed by atoms with Crippen molar-refractivity contribution in [1.82, 2.24) is 9.96 Å². The van der Waals surface area contributed by atoms with Crippen molar-refractivity contribution in [2.45, 2.75) is 20.1 Å². The Balaban J connectivity index is 0.00000462. The first-order valence-corrected chi connectivity index (χ1v) is 12.9. The van der Waals surface area contributed by atoms with E-state index in [0.29, 0.717) is 50.8 Å². The summed E-state index contributed by atoms with van der Waals surface area (Å²) in [5.74, 6) is 1.28. The van der Waals surface area contributed by atoms with Crippen LogP contribution in [0.5, 0.6) is 11.5 Å². The standard InChI is InChI=1S/C30H33N3O7.K/c1-22-16-27(39-20-29(35)32-12-14-37-15-13-32)10-11-28(22)25-5-3-4-24(17-25)19-38-26-8-6-23(7-9-26)18-33(21-34)40-30(36)31-2;/h3-11,16-17,21H,12-15,18-20H2,1-2H3,(H,31,36);/q;+1/p-1. The largest absolute Gasteiger partial charge is 1.00 e. The number of rotatable bonds is 11. The molecule has 1 aliphatic heterocycles. The second-order valence-electron chi connectivity index (χ2n) is 9.15. The fourth-order valence-corrected chi connectivity index (χ4v) is 4.20. The van der Waals surface area contributed by atoms with Gasteiger partial charge < -0.3 is 29.3 Å². The third kappa shape index (κ3) is 9.84. The summed E-state index contributed by atoms with van der Waals surface area (Å²) >= 11 is 0. The van der Waals surface area contributed by atoms with Crippen LogP contribution < -0.4 is 60.9 Å². The van der Waals surface area contributed by atoms with Gasteiger partial charge in [-0.1, -0.05) is 36.4 Å². The van der Waals surface area contributed by atoms with Gasteiger partial charge in [0.15, 0.2) is 6.61 Å². The molecule has 1 saturated heterocycles. The van der Waals surface area contributed by atoms with Gasteiger partial charge in [0.1, 0.15) is 18.1 Å². The van der Waals surface area contributed by atoms with E-state index < -0.39 is 6.09 Å². The molecule has 3 aromatic carbocycles. The number of carbonyl (C=O) groups is 3. The first-order chi connectivity index (χ1) is 19.4. The fraction of sp³-hybridized carbons (Fsp3) is 0.300. The van der Waals surface area contributed by atoms with Crippen molar-refractivity contribution in [2.75, 3.05) is 40.0 Å². The molecule has 1 heterocycles. The third-order valence-electron chi connectivity index (χ3n) is 6.32. The van der Waals surface area contributed by atoms with Crippen molar-refractivity contribution in [2.24, 2.45) is 0 Å². The summed E-state index contributed by atoms with van der Waals surface area (Å²) in [6, 6.07) is 21.1. The molecule has 0 bridgehead atoms. The van der Waals surface area contributed by atoms with E-state index in [4.69, 9.17) is 19.0 Å². The Morgan fingerprint density at radius 3 is 2.39 bits per heavy atom. The van der Waals surface area contributed by atoms with E-state index in [-0.39, 0.29) is 70.4 Å². The molecule has 0 unspecified atom stereocenters. The summed E-state index contributed by atoms with van der Waals surface area (Å²) in [6.45, 7) is 4.81. The molecule has 0 spiro atoms. The van der Waals surface area contributed by atoms with Gasteiger partial charge >= 0.3 is 51.4 Å². The number of hydroxylamine groups is 2. The van der Waals surface area contributed by atoms with Crippen molar-refractivity contribution in [3.63, 3.8) is 0 Å². The molecule has 10 nitrogen and oxygen atoms in total. The normalized spacial score (nSPS) is 12.5. The monoisotopic (exact) mass is 585 g/mol. The van der Waals surface area contributed by atoms with Crippen LogP contribution in [0, 0.1) is 6.92 Å². The maximum atomic E-state index is 12.4. The van der Waals surface area contributed by atoms with Crippen molar-refractivity contribution < 1.29 is 84.8 Å². The van der Waals surface area contributed by atoms with E-state index in [2.05, 4.69) is 11.4 Å². The summed E-state index contributed by atoms with van der Waals surface area (Å²) in [5, 5.41) is 4.22. The zero-order chi connectivity index (χ0) is 28.3. The van der Waals surface area contributed by atoms with E-state index in [1.165, 1.54) is 7.05 Å². The molecule has 0 radical (unpaired) electrons. The second-order valence-corrected chi connectivity index (χ2v) is 9.15. The Morgan fingerprint density at radius 2 is 1.71 bits per heavy atom. The fourth-order valence-electron chi connectivity index (χ4n) is 4.20. The van der Waals surface area contributed by atoms with E-state index >= 15 is 0 Å². The predicted molar refractivity (Wildman–Crippen MR) is 148 cm³/mol. The molecule has 1 aliphatic rings. The number of carbonyl (C=O) groups excluding carboxylic acids is 3. The van der Waals surface area contributed by atoms with Crippen LogP contribution in [0.3, 0.4) is 0 Å². The summed E-state index contributed by atoms with van der Waals surface area (Å²) in [6.07, 6.45) is -0.416. The van der Waals surface area contributed by atoms with Crippen molar-refractivity contribution >= 4 is 18.4 Å². The van der Waals surface area contributed by atoms with Crippen LogP contribution in [0.25, 0.3) is 16.4 Å². The summed E-state index contributed by atoms with van der Waals surface area (Å²) in [7, 11) is 1.29. The van der Waals surface area contributed by atoms with Crippen molar-refractivity contribution in [3.05, 3.63) is 88.7 Å². The average molecular weight is 586 g/mol.